The SMILES string of the molecule is N#C/C=C/C=C/[C@H]1CC[C@H](OC[C@H]2CC[C@H](c3ccc(C#N)cc3)CC2)CC1. The average molecular weight is 375 g/mol. The van der Waals surface area contributed by atoms with E-state index in [0.717, 1.165) is 25.0 Å². The second-order valence-electron chi connectivity index (χ2n) is 8.19. The molecule has 0 radical (unpaired) electrons. The van der Waals surface area contributed by atoms with Crippen LogP contribution in [0, 0.1) is 34.5 Å². The van der Waals surface area contributed by atoms with Crippen molar-refractivity contribution in [2.24, 2.45) is 11.8 Å². The van der Waals surface area contributed by atoms with Crippen molar-refractivity contribution in [2.45, 2.75) is 63.4 Å². The second kappa shape index (κ2) is 10.8. The van der Waals surface area contributed by atoms with E-state index in [0.29, 0.717) is 23.9 Å². The van der Waals surface area contributed by atoms with E-state index in [1.807, 2.05) is 30.4 Å². The summed E-state index contributed by atoms with van der Waals surface area (Å²) in [6.45, 7) is 0.913. The third-order valence-corrected chi connectivity index (χ3v) is 6.31. The Labute approximate surface area is 169 Å². The minimum Gasteiger partial charge on any atom is -0.378 e. The summed E-state index contributed by atoms with van der Waals surface area (Å²) in [5.41, 5.74) is 2.13. The molecular weight excluding hydrogens is 344 g/mol. The molecule has 3 rings (SSSR count). The van der Waals surface area contributed by atoms with Crippen molar-refractivity contribution in [1.82, 2.24) is 0 Å². The van der Waals surface area contributed by atoms with E-state index in [4.69, 9.17) is 15.3 Å². The molecule has 3 heteroatoms. The summed E-state index contributed by atoms with van der Waals surface area (Å²) in [5.74, 6) is 1.97. The van der Waals surface area contributed by atoms with Crippen LogP contribution >= 0.6 is 0 Å². The first-order valence-electron chi connectivity index (χ1n) is 10.6. The molecule has 0 aromatic heterocycles. The number of nitriles is 2. The minimum absolute atomic E-state index is 0.426. The highest BCUT2D eigenvalue weighted by Gasteiger charge is 2.25. The third kappa shape index (κ3) is 6.08. The molecule has 1 aromatic rings. The Morgan fingerprint density at radius 1 is 0.893 bits per heavy atom. The molecule has 28 heavy (non-hydrogen) atoms. The molecule has 3 nitrogen and oxygen atoms in total. The Kier molecular flexibility index (Phi) is 7.89. The number of nitrogens with zero attached hydrogens (tertiary/aromatic N) is 2. The second-order valence-corrected chi connectivity index (χ2v) is 8.19. The quantitative estimate of drug-likeness (QED) is 0.450. The number of hydrogen-bond donors (Lipinski definition) is 0. The fourth-order valence-electron chi connectivity index (χ4n) is 4.53. The molecule has 0 N–H and O–H groups in total. The number of hydrogen-bond acceptors (Lipinski definition) is 3. The maximum atomic E-state index is 8.93. The van der Waals surface area contributed by atoms with Crippen molar-refractivity contribution in [1.29, 1.82) is 10.5 Å². The Morgan fingerprint density at radius 2 is 1.61 bits per heavy atom. The maximum Gasteiger partial charge on any atom is 0.0991 e. The molecule has 2 aliphatic carbocycles. The van der Waals surface area contributed by atoms with Crippen molar-refractivity contribution in [3.8, 4) is 12.1 Å². The lowest BCUT2D eigenvalue weighted by Gasteiger charge is -2.32. The molecule has 0 atom stereocenters. The van der Waals surface area contributed by atoms with E-state index in [1.165, 1.54) is 50.2 Å². The summed E-state index contributed by atoms with van der Waals surface area (Å²) in [6, 6.07) is 12.3. The van der Waals surface area contributed by atoms with E-state index in [1.54, 1.807) is 0 Å². The predicted molar refractivity (Wildman–Crippen MR) is 111 cm³/mol. The zero-order valence-electron chi connectivity index (χ0n) is 16.6. The van der Waals surface area contributed by atoms with Crippen LogP contribution in [0.4, 0.5) is 0 Å². The molecule has 2 fully saturated rings. The normalized spacial score (nSPS) is 28.2. The lowest BCUT2D eigenvalue weighted by Crippen LogP contribution is -2.25. The largest absolute Gasteiger partial charge is 0.378 e. The van der Waals surface area contributed by atoms with Crippen LogP contribution in [0.1, 0.15) is 68.4 Å². The van der Waals surface area contributed by atoms with Gasteiger partial charge in [-0.3, -0.25) is 0 Å². The summed E-state index contributed by atoms with van der Waals surface area (Å²) < 4.78 is 6.27. The van der Waals surface area contributed by atoms with Crippen molar-refractivity contribution >= 4 is 0 Å². The van der Waals surface area contributed by atoms with Gasteiger partial charge in [-0.25, -0.2) is 0 Å². The number of ether oxygens (including phenoxy) is 1. The van der Waals surface area contributed by atoms with Gasteiger partial charge in [0.1, 0.15) is 0 Å². The zero-order chi connectivity index (χ0) is 19.6. The highest BCUT2D eigenvalue weighted by atomic mass is 16.5. The van der Waals surface area contributed by atoms with Gasteiger partial charge >= 0.3 is 0 Å². The maximum absolute atomic E-state index is 8.93. The molecule has 1 aromatic carbocycles. The highest BCUT2D eigenvalue weighted by Crippen LogP contribution is 2.36. The van der Waals surface area contributed by atoms with Gasteiger partial charge in [0.15, 0.2) is 0 Å². The molecular formula is C25H30N2O. The van der Waals surface area contributed by atoms with Crippen LogP contribution in [0.5, 0.6) is 0 Å². The van der Waals surface area contributed by atoms with Gasteiger partial charge in [0.05, 0.1) is 23.8 Å². The molecule has 0 amide bonds. The Hall–Kier alpha value is -2.36. The van der Waals surface area contributed by atoms with Gasteiger partial charge in [-0.2, -0.15) is 10.5 Å². The van der Waals surface area contributed by atoms with Crippen LogP contribution in [0.25, 0.3) is 0 Å². The first-order valence-corrected chi connectivity index (χ1v) is 10.6. The molecule has 0 unspecified atom stereocenters. The van der Waals surface area contributed by atoms with Crippen LogP contribution < -0.4 is 0 Å². The van der Waals surface area contributed by atoms with Crippen molar-refractivity contribution < 1.29 is 4.74 Å². The monoisotopic (exact) mass is 374 g/mol. The van der Waals surface area contributed by atoms with Crippen LogP contribution in [-0.2, 0) is 4.74 Å². The standard InChI is InChI=1S/C25H30N2O/c26-17-3-1-2-4-20-9-15-25(16-10-20)28-19-22-7-13-24(14-8-22)23-11-5-21(18-27)6-12-23/h1-6,11-12,20,22,24-25H,7-10,13-16,19H2/b3-1+,4-2+/t20-,22-,24-,25-. The molecule has 2 saturated carbocycles. The number of allylic oxidation sites excluding steroid dienone is 4. The summed E-state index contributed by atoms with van der Waals surface area (Å²) in [4.78, 5) is 0. The van der Waals surface area contributed by atoms with E-state index in [2.05, 4.69) is 24.3 Å². The van der Waals surface area contributed by atoms with Crippen LogP contribution in [-0.4, -0.2) is 12.7 Å². The lowest BCUT2D eigenvalue weighted by atomic mass is 9.79. The number of rotatable bonds is 6. The smallest absolute Gasteiger partial charge is 0.0991 e. The Balaban J connectivity index is 1.34. The summed E-state index contributed by atoms with van der Waals surface area (Å²) in [6.07, 6.45) is 17.6. The Morgan fingerprint density at radius 3 is 2.25 bits per heavy atom. The van der Waals surface area contributed by atoms with E-state index in [9.17, 15) is 0 Å². The zero-order valence-corrected chi connectivity index (χ0v) is 16.6. The fourth-order valence-corrected chi connectivity index (χ4v) is 4.53. The third-order valence-electron chi connectivity index (χ3n) is 6.31. The molecule has 0 bridgehead atoms. The minimum atomic E-state index is 0.426. The van der Waals surface area contributed by atoms with Crippen molar-refractivity contribution in [2.75, 3.05) is 6.61 Å². The highest BCUT2D eigenvalue weighted by molar-refractivity contribution is 5.33. The van der Waals surface area contributed by atoms with E-state index >= 15 is 0 Å². The van der Waals surface area contributed by atoms with Gasteiger partial charge in [0, 0.05) is 12.7 Å². The molecule has 2 aliphatic rings. The first kappa shape index (κ1) is 20.4. The van der Waals surface area contributed by atoms with Crippen LogP contribution in [0.15, 0.2) is 48.6 Å². The molecule has 146 valence electrons. The predicted octanol–water partition coefficient (Wildman–Crippen LogP) is 6.04. The first-order chi connectivity index (χ1) is 13.8. The summed E-state index contributed by atoms with van der Waals surface area (Å²) >= 11 is 0. The molecule has 0 aliphatic heterocycles. The van der Waals surface area contributed by atoms with Crippen LogP contribution in [0.2, 0.25) is 0 Å². The average Bonchev–Trinajstić information content (AvgIpc) is 2.76. The van der Waals surface area contributed by atoms with Crippen molar-refractivity contribution in [3.63, 3.8) is 0 Å². The van der Waals surface area contributed by atoms with Crippen molar-refractivity contribution in [3.05, 3.63) is 59.7 Å². The Bertz CT molecular complexity index is 734. The number of benzene rings is 1. The fraction of sp³-hybridized carbons (Fsp3) is 0.520. The van der Waals surface area contributed by atoms with E-state index < -0.39 is 0 Å². The van der Waals surface area contributed by atoms with Gasteiger partial charge in [-0.1, -0.05) is 30.4 Å². The molecule has 0 saturated heterocycles. The van der Waals surface area contributed by atoms with Gasteiger partial charge in [0.2, 0.25) is 0 Å². The van der Waals surface area contributed by atoms with Gasteiger partial charge < -0.3 is 4.74 Å². The molecule has 0 heterocycles. The topological polar surface area (TPSA) is 56.8 Å². The van der Waals surface area contributed by atoms with Gasteiger partial charge in [-0.15, -0.1) is 0 Å². The van der Waals surface area contributed by atoms with Gasteiger partial charge in [0.25, 0.3) is 0 Å². The summed E-state index contributed by atoms with van der Waals surface area (Å²) in [5, 5.41) is 17.4. The molecule has 0 spiro atoms. The lowest BCUT2D eigenvalue weighted by molar-refractivity contribution is -0.00456. The summed E-state index contributed by atoms with van der Waals surface area (Å²) in [7, 11) is 0. The van der Waals surface area contributed by atoms with Gasteiger partial charge in [-0.05, 0) is 86.8 Å². The van der Waals surface area contributed by atoms with Crippen LogP contribution in [0.3, 0.4) is 0 Å². The van der Waals surface area contributed by atoms with E-state index in [-0.39, 0.29) is 0 Å².